The molecule has 1 aliphatic heterocycles. The Kier molecular flexibility index (Phi) is 8.30. The van der Waals surface area contributed by atoms with Crippen molar-refractivity contribution in [3.05, 3.63) is 78.6 Å². The number of nitrogens with one attached hydrogen (secondary N) is 1. The van der Waals surface area contributed by atoms with Crippen LogP contribution in [0.15, 0.2) is 71.9 Å². The Morgan fingerprint density at radius 1 is 1.00 bits per heavy atom. The van der Waals surface area contributed by atoms with E-state index in [9.17, 15) is 26.8 Å². The average molecular weight is 609 g/mol. The van der Waals surface area contributed by atoms with Crippen LogP contribution in [0.5, 0.6) is 5.88 Å². The Morgan fingerprint density at radius 2 is 1.77 bits per heavy atom. The van der Waals surface area contributed by atoms with E-state index in [1.807, 2.05) is 6.07 Å². The van der Waals surface area contributed by atoms with Crippen molar-refractivity contribution in [2.45, 2.75) is 11.8 Å². The van der Waals surface area contributed by atoms with Crippen LogP contribution < -0.4 is 14.4 Å². The number of carbonyl (C=O) groups is 2. The number of nitrogens with zero attached hydrogens (tertiary/aromatic N) is 5. The summed E-state index contributed by atoms with van der Waals surface area (Å²) >= 11 is 0. The number of carbonyl (C=O) groups excluding carboxylic acids is 2. The fourth-order valence-electron chi connectivity index (χ4n) is 4.61. The Hall–Kier alpha value is -4.98. The van der Waals surface area contributed by atoms with Gasteiger partial charge in [0.05, 0.1) is 24.0 Å². The van der Waals surface area contributed by atoms with Gasteiger partial charge >= 0.3 is 0 Å². The Bertz CT molecular complexity index is 1860. The summed E-state index contributed by atoms with van der Waals surface area (Å²) < 4.78 is 61.0. The van der Waals surface area contributed by atoms with Crippen molar-refractivity contribution < 1.29 is 31.5 Å². The van der Waals surface area contributed by atoms with Gasteiger partial charge in [-0.25, -0.2) is 27.2 Å². The van der Waals surface area contributed by atoms with Crippen LogP contribution in [-0.2, 0) is 19.6 Å². The molecule has 1 aliphatic rings. The number of fused-ring (bicyclic) bond motifs is 1. The SMILES string of the molecule is COc1ncc(-c2ccc3nccc(N4CCN(C(=O)C=CC(C)=O)CC4)c3n2)cc1NS(=O)(=O)c1ccc(F)cc1F. The third-order valence-corrected chi connectivity index (χ3v) is 8.12. The summed E-state index contributed by atoms with van der Waals surface area (Å²) in [4.78, 5) is 40.0. The molecule has 1 aromatic carbocycles. The lowest BCUT2D eigenvalue weighted by Crippen LogP contribution is -2.48. The fraction of sp³-hybridized carbons (Fsp3) is 0.207. The summed E-state index contributed by atoms with van der Waals surface area (Å²) in [6.45, 7) is 3.34. The zero-order chi connectivity index (χ0) is 30.7. The number of aromatic nitrogens is 3. The van der Waals surface area contributed by atoms with E-state index in [1.165, 1.54) is 38.4 Å². The van der Waals surface area contributed by atoms with Gasteiger partial charge in [0.2, 0.25) is 11.8 Å². The molecule has 3 aromatic heterocycles. The number of benzene rings is 1. The van der Waals surface area contributed by atoms with Gasteiger partial charge in [0.15, 0.2) is 5.78 Å². The van der Waals surface area contributed by atoms with Gasteiger partial charge in [-0.3, -0.25) is 19.3 Å². The summed E-state index contributed by atoms with van der Waals surface area (Å²) in [7, 11) is -3.16. The van der Waals surface area contributed by atoms with Crippen molar-refractivity contribution in [2.75, 3.05) is 42.9 Å². The number of ketones is 1. The molecule has 11 nitrogen and oxygen atoms in total. The third kappa shape index (κ3) is 6.43. The predicted octanol–water partition coefficient (Wildman–Crippen LogP) is 3.57. The molecule has 0 radical (unpaired) electrons. The highest BCUT2D eigenvalue weighted by molar-refractivity contribution is 7.92. The van der Waals surface area contributed by atoms with E-state index < -0.39 is 26.6 Å². The number of piperazine rings is 1. The molecule has 43 heavy (non-hydrogen) atoms. The number of halogens is 2. The quantitative estimate of drug-likeness (QED) is 0.298. The van der Waals surface area contributed by atoms with Crippen LogP contribution >= 0.6 is 0 Å². The number of anilines is 2. The standard InChI is InChI=1S/C29H26F2N6O5S/c1-18(38)3-8-27(39)37-13-11-36(12-14-37)25-9-10-32-23-6-5-22(34-28(23)25)19-15-24(29(42-2)33-17-19)35-43(40,41)26-7-4-20(30)16-21(26)31/h3-10,15-17,35H,11-14H2,1-2H3. The summed E-state index contributed by atoms with van der Waals surface area (Å²) in [5, 5.41) is 0. The number of rotatable bonds is 8. The molecule has 1 N–H and O–H groups in total. The Balaban J connectivity index is 1.43. The maximum Gasteiger partial charge on any atom is 0.264 e. The third-order valence-electron chi connectivity index (χ3n) is 6.72. The first-order valence-electron chi connectivity index (χ1n) is 13.1. The van der Waals surface area contributed by atoms with E-state index in [-0.39, 0.29) is 23.3 Å². The molecule has 0 aliphatic carbocycles. The molecule has 0 spiro atoms. The molecule has 0 bridgehead atoms. The van der Waals surface area contributed by atoms with Crippen LogP contribution in [0.1, 0.15) is 6.92 Å². The minimum atomic E-state index is -4.46. The molecule has 1 amide bonds. The van der Waals surface area contributed by atoms with E-state index in [0.717, 1.165) is 17.8 Å². The van der Waals surface area contributed by atoms with Crippen LogP contribution in [-0.4, -0.2) is 73.2 Å². The number of allylic oxidation sites excluding steroid dienone is 1. The normalized spacial score (nSPS) is 13.9. The van der Waals surface area contributed by atoms with E-state index in [1.54, 1.807) is 23.2 Å². The average Bonchev–Trinajstić information content (AvgIpc) is 2.99. The van der Waals surface area contributed by atoms with E-state index >= 15 is 0 Å². The van der Waals surface area contributed by atoms with Gasteiger partial charge in [-0.1, -0.05) is 0 Å². The topological polar surface area (TPSA) is 135 Å². The minimum Gasteiger partial charge on any atom is -0.480 e. The second kappa shape index (κ2) is 12.1. The molecule has 5 rings (SSSR count). The zero-order valence-corrected chi connectivity index (χ0v) is 23.9. The lowest BCUT2D eigenvalue weighted by molar-refractivity contribution is -0.126. The van der Waals surface area contributed by atoms with Gasteiger partial charge in [-0.05, 0) is 49.4 Å². The van der Waals surface area contributed by atoms with Gasteiger partial charge in [-0.15, -0.1) is 0 Å². The number of sulfonamides is 1. The highest BCUT2D eigenvalue weighted by Gasteiger charge is 2.24. The van der Waals surface area contributed by atoms with Crippen LogP contribution in [0.2, 0.25) is 0 Å². The highest BCUT2D eigenvalue weighted by Crippen LogP contribution is 2.32. The van der Waals surface area contributed by atoms with Crippen LogP contribution in [0.4, 0.5) is 20.2 Å². The fourth-order valence-corrected chi connectivity index (χ4v) is 5.72. The van der Waals surface area contributed by atoms with E-state index in [4.69, 9.17) is 9.72 Å². The number of pyridine rings is 3. The molecule has 0 saturated carbocycles. The highest BCUT2D eigenvalue weighted by atomic mass is 32.2. The van der Waals surface area contributed by atoms with Crippen molar-refractivity contribution >= 4 is 44.1 Å². The molecule has 222 valence electrons. The van der Waals surface area contributed by atoms with Crippen molar-refractivity contribution in [1.29, 1.82) is 0 Å². The smallest absolute Gasteiger partial charge is 0.264 e. The second-order valence-corrected chi connectivity index (χ2v) is 11.3. The monoisotopic (exact) mass is 608 g/mol. The molecular weight excluding hydrogens is 582 g/mol. The maximum absolute atomic E-state index is 14.3. The summed E-state index contributed by atoms with van der Waals surface area (Å²) in [6, 6.07) is 8.91. The second-order valence-electron chi connectivity index (χ2n) is 9.61. The van der Waals surface area contributed by atoms with Crippen molar-refractivity contribution in [2.24, 2.45) is 0 Å². The van der Waals surface area contributed by atoms with Gasteiger partial charge in [-0.2, -0.15) is 0 Å². The Labute approximate surface area is 245 Å². The first kappa shape index (κ1) is 29.5. The lowest BCUT2D eigenvalue weighted by Gasteiger charge is -2.35. The van der Waals surface area contributed by atoms with Crippen LogP contribution in [0, 0.1) is 11.6 Å². The maximum atomic E-state index is 14.3. The van der Waals surface area contributed by atoms with E-state index in [0.29, 0.717) is 54.5 Å². The number of methoxy groups -OCH3 is 1. The molecule has 0 atom stereocenters. The van der Waals surface area contributed by atoms with Gasteiger partial charge in [0.25, 0.3) is 10.0 Å². The van der Waals surface area contributed by atoms with Gasteiger partial charge < -0.3 is 14.5 Å². The molecule has 0 unspecified atom stereocenters. The number of ether oxygens (including phenoxy) is 1. The molecule has 1 saturated heterocycles. The van der Waals surface area contributed by atoms with Crippen molar-refractivity contribution in [3.63, 3.8) is 0 Å². The van der Waals surface area contributed by atoms with Gasteiger partial charge in [0.1, 0.15) is 27.7 Å². The number of hydrogen-bond acceptors (Lipinski definition) is 9. The summed E-state index contributed by atoms with van der Waals surface area (Å²) in [5.41, 5.74) is 2.82. The predicted molar refractivity (Wildman–Crippen MR) is 155 cm³/mol. The first-order valence-corrected chi connectivity index (χ1v) is 14.5. The molecule has 4 heterocycles. The molecular formula is C29H26F2N6O5S. The van der Waals surface area contributed by atoms with Gasteiger partial charge in [0, 0.05) is 56.3 Å². The summed E-state index contributed by atoms with van der Waals surface area (Å²) in [6.07, 6.45) is 5.66. The molecule has 14 heteroatoms. The number of hydrogen-bond donors (Lipinski definition) is 1. The van der Waals surface area contributed by atoms with Crippen LogP contribution in [0.25, 0.3) is 22.3 Å². The number of amides is 1. The van der Waals surface area contributed by atoms with Crippen molar-refractivity contribution in [1.82, 2.24) is 19.9 Å². The lowest BCUT2D eigenvalue weighted by atomic mass is 10.1. The largest absolute Gasteiger partial charge is 0.480 e. The van der Waals surface area contributed by atoms with Crippen LogP contribution in [0.3, 0.4) is 0 Å². The van der Waals surface area contributed by atoms with Crippen molar-refractivity contribution in [3.8, 4) is 17.1 Å². The first-order chi connectivity index (χ1) is 20.6. The zero-order valence-electron chi connectivity index (χ0n) is 23.1. The summed E-state index contributed by atoms with van der Waals surface area (Å²) in [5.74, 6) is -2.65. The Morgan fingerprint density at radius 3 is 2.47 bits per heavy atom. The minimum absolute atomic E-state index is 0.0662. The molecule has 4 aromatic rings. The van der Waals surface area contributed by atoms with E-state index in [2.05, 4.69) is 19.6 Å². The molecule has 1 fully saturated rings.